The van der Waals surface area contributed by atoms with E-state index in [4.69, 9.17) is 14.2 Å². The van der Waals surface area contributed by atoms with Crippen molar-refractivity contribution in [3.63, 3.8) is 0 Å². The lowest BCUT2D eigenvalue weighted by molar-refractivity contribution is -0.121. The topological polar surface area (TPSA) is 139 Å². The van der Waals surface area contributed by atoms with Gasteiger partial charge in [0.05, 0.1) is 50.0 Å². The van der Waals surface area contributed by atoms with E-state index in [0.29, 0.717) is 65.0 Å². The summed E-state index contributed by atoms with van der Waals surface area (Å²) in [7, 11) is 0. The lowest BCUT2D eigenvalue weighted by Gasteiger charge is -2.24. The number of alkyl carbamates (subject to hydrolysis) is 1. The van der Waals surface area contributed by atoms with Gasteiger partial charge in [0.15, 0.2) is 0 Å². The molecule has 2 saturated heterocycles. The number of carbonyl (C=O) groups is 3. The van der Waals surface area contributed by atoms with Gasteiger partial charge in [-0.15, -0.1) is 11.8 Å². The van der Waals surface area contributed by atoms with Gasteiger partial charge in [-0.25, -0.2) is 9.59 Å². The van der Waals surface area contributed by atoms with Crippen LogP contribution in [0.4, 0.5) is 9.59 Å². The number of urea groups is 1. The Hall–Kier alpha value is -2.02. The molecule has 4 amide bonds. The molecule has 0 radical (unpaired) electrons. The van der Waals surface area contributed by atoms with Gasteiger partial charge < -0.3 is 40.8 Å². The molecule has 1 saturated carbocycles. The fourth-order valence-electron chi connectivity index (χ4n) is 5.80. The van der Waals surface area contributed by atoms with Gasteiger partial charge in [-0.1, -0.05) is 12.2 Å². The molecule has 11 nitrogen and oxygen atoms in total. The summed E-state index contributed by atoms with van der Waals surface area (Å²) in [5, 5.41) is 15.2. The molecule has 2 aliphatic heterocycles. The van der Waals surface area contributed by atoms with E-state index in [1.54, 1.807) is 11.8 Å². The Morgan fingerprint density at radius 1 is 1.03 bits per heavy atom. The van der Waals surface area contributed by atoms with E-state index in [2.05, 4.69) is 45.7 Å². The first kappa shape index (κ1) is 30.0. The van der Waals surface area contributed by atoms with Crippen molar-refractivity contribution in [3.05, 3.63) is 12.2 Å². The molecule has 3 unspecified atom stereocenters. The summed E-state index contributed by atoms with van der Waals surface area (Å²) in [5.74, 6) is 2.83. The zero-order valence-electron chi connectivity index (χ0n) is 23.0. The minimum atomic E-state index is -0.376. The van der Waals surface area contributed by atoms with Crippen LogP contribution in [-0.4, -0.2) is 93.4 Å². The Bertz CT molecular complexity index is 847. The first-order valence-electron chi connectivity index (χ1n) is 14.4. The number of thioether (sulfide) groups is 1. The third-order valence-corrected chi connectivity index (χ3v) is 9.60. The SMILES string of the molecule is C[C@]12CSC(NCCCC(=O)NCCOCCOCCNC(=O)OCC3C4CC/C=C\CCC43)[C@H]1NC(=O)N2. The van der Waals surface area contributed by atoms with Crippen LogP contribution in [0, 0.1) is 17.8 Å². The third-order valence-electron chi connectivity index (χ3n) is 8.04. The number of amides is 4. The standard InChI is InChI=1S/C27H45N5O6S/c1-27-18-39-24(23(27)31-25(34)32-27)29-10-6-9-22(33)28-11-13-36-15-16-37-14-12-30-26(35)38-17-21-19-7-4-2-3-5-8-20(19)21/h2-3,19-21,23-24,29H,4-18H2,1H3,(H,28,33)(H,30,35)(H2,31,32,34)/b3-2-/t19?,20?,21?,23-,24?,27+/m1/s1. The predicted octanol–water partition coefficient (Wildman–Crippen LogP) is 1.74. The van der Waals surface area contributed by atoms with Crippen LogP contribution in [0.5, 0.6) is 0 Å². The maximum absolute atomic E-state index is 12.0. The van der Waals surface area contributed by atoms with Crippen LogP contribution >= 0.6 is 11.8 Å². The minimum absolute atomic E-state index is 0.00202. The number of hydrogen-bond donors (Lipinski definition) is 5. The van der Waals surface area contributed by atoms with Crippen LogP contribution in [0.25, 0.3) is 0 Å². The van der Waals surface area contributed by atoms with Gasteiger partial charge in [-0.3, -0.25) is 4.79 Å². The molecule has 4 rings (SSSR count). The summed E-state index contributed by atoms with van der Waals surface area (Å²) in [4.78, 5) is 35.5. The Kier molecular flexibility index (Phi) is 11.6. The van der Waals surface area contributed by atoms with Gasteiger partial charge in [-0.2, -0.15) is 0 Å². The Morgan fingerprint density at radius 3 is 2.44 bits per heavy atom. The first-order valence-corrected chi connectivity index (χ1v) is 15.4. The van der Waals surface area contributed by atoms with Crippen molar-refractivity contribution in [2.75, 3.05) is 58.4 Å². The molecule has 220 valence electrons. The third kappa shape index (κ3) is 9.26. The molecular weight excluding hydrogens is 522 g/mol. The molecule has 0 aromatic heterocycles. The van der Waals surface area contributed by atoms with Gasteiger partial charge in [0.1, 0.15) is 0 Å². The van der Waals surface area contributed by atoms with Crippen LogP contribution in [0.1, 0.15) is 45.4 Å². The summed E-state index contributed by atoms with van der Waals surface area (Å²) < 4.78 is 16.4. The van der Waals surface area contributed by atoms with Gasteiger partial charge >= 0.3 is 12.1 Å². The molecule has 0 spiro atoms. The van der Waals surface area contributed by atoms with Gasteiger partial charge in [0.25, 0.3) is 0 Å². The number of allylic oxidation sites excluding steroid dienone is 2. The number of carbonyl (C=O) groups excluding carboxylic acids is 3. The Labute approximate surface area is 235 Å². The molecular formula is C27H45N5O6S. The molecule has 5 N–H and O–H groups in total. The highest BCUT2D eigenvalue weighted by atomic mass is 32.2. The van der Waals surface area contributed by atoms with Gasteiger partial charge in [-0.05, 0) is 63.3 Å². The molecule has 2 heterocycles. The lowest BCUT2D eigenvalue weighted by Crippen LogP contribution is -2.51. The molecule has 4 aliphatic rings. The average molecular weight is 568 g/mol. The highest BCUT2D eigenvalue weighted by Gasteiger charge is 2.52. The largest absolute Gasteiger partial charge is 0.449 e. The highest BCUT2D eigenvalue weighted by molar-refractivity contribution is 8.00. The first-order chi connectivity index (χ1) is 19.0. The van der Waals surface area contributed by atoms with Crippen molar-refractivity contribution in [2.45, 2.75) is 62.4 Å². The maximum Gasteiger partial charge on any atom is 0.407 e. The van der Waals surface area contributed by atoms with Crippen molar-refractivity contribution in [3.8, 4) is 0 Å². The number of fused-ring (bicyclic) bond motifs is 2. The summed E-state index contributed by atoms with van der Waals surface area (Å²) in [6.07, 6.45) is 10.0. The van der Waals surface area contributed by atoms with Crippen LogP contribution < -0.4 is 26.6 Å². The zero-order valence-corrected chi connectivity index (χ0v) is 23.8. The summed E-state index contributed by atoms with van der Waals surface area (Å²) in [6, 6.07) is -0.0479. The zero-order chi connectivity index (χ0) is 27.5. The van der Waals surface area contributed by atoms with Gasteiger partial charge in [0, 0.05) is 25.3 Å². The summed E-state index contributed by atoms with van der Waals surface area (Å²) >= 11 is 1.79. The van der Waals surface area contributed by atoms with Crippen molar-refractivity contribution in [2.24, 2.45) is 17.8 Å². The van der Waals surface area contributed by atoms with E-state index in [1.165, 1.54) is 12.8 Å². The van der Waals surface area contributed by atoms with Crippen LogP contribution in [0.2, 0.25) is 0 Å². The monoisotopic (exact) mass is 567 g/mol. The molecule has 2 aliphatic carbocycles. The van der Waals surface area contributed by atoms with Gasteiger partial charge in [0.2, 0.25) is 5.91 Å². The van der Waals surface area contributed by atoms with E-state index >= 15 is 0 Å². The van der Waals surface area contributed by atoms with E-state index in [1.807, 2.05) is 0 Å². The van der Waals surface area contributed by atoms with E-state index in [9.17, 15) is 14.4 Å². The number of nitrogens with one attached hydrogen (secondary N) is 5. The quantitative estimate of drug-likeness (QED) is 0.108. The second-order valence-electron chi connectivity index (χ2n) is 11.0. The van der Waals surface area contributed by atoms with Crippen LogP contribution in [0.3, 0.4) is 0 Å². The Balaban J connectivity index is 0.891. The molecule has 39 heavy (non-hydrogen) atoms. The Morgan fingerprint density at radius 2 is 1.72 bits per heavy atom. The lowest BCUT2D eigenvalue weighted by atomic mass is 9.97. The molecule has 5 atom stereocenters. The summed E-state index contributed by atoms with van der Waals surface area (Å²) in [5.41, 5.74) is -0.210. The summed E-state index contributed by atoms with van der Waals surface area (Å²) in [6.45, 7) is 5.80. The molecule has 3 fully saturated rings. The molecule has 0 aromatic carbocycles. The van der Waals surface area contributed by atoms with Crippen molar-refractivity contribution in [1.82, 2.24) is 26.6 Å². The predicted molar refractivity (Wildman–Crippen MR) is 149 cm³/mol. The number of rotatable bonds is 16. The average Bonchev–Trinajstić information content (AvgIpc) is 3.29. The molecule has 0 bridgehead atoms. The maximum atomic E-state index is 12.0. The molecule has 0 aromatic rings. The fraction of sp³-hybridized carbons (Fsp3) is 0.815. The van der Waals surface area contributed by atoms with Crippen molar-refractivity contribution in [1.29, 1.82) is 0 Å². The minimum Gasteiger partial charge on any atom is -0.449 e. The van der Waals surface area contributed by atoms with E-state index in [0.717, 1.165) is 36.9 Å². The highest BCUT2D eigenvalue weighted by Crippen LogP contribution is 2.52. The van der Waals surface area contributed by atoms with E-state index < -0.39 is 0 Å². The number of hydrogen-bond acceptors (Lipinski definition) is 8. The smallest absolute Gasteiger partial charge is 0.407 e. The normalized spacial score (nSPS) is 31.6. The van der Waals surface area contributed by atoms with Crippen LogP contribution in [-0.2, 0) is 19.0 Å². The van der Waals surface area contributed by atoms with Crippen molar-refractivity contribution < 1.29 is 28.6 Å². The van der Waals surface area contributed by atoms with E-state index in [-0.39, 0.29) is 35.0 Å². The van der Waals surface area contributed by atoms with Crippen LogP contribution in [0.15, 0.2) is 12.2 Å². The molecule has 12 heteroatoms. The fourth-order valence-corrected chi connectivity index (χ4v) is 7.37. The van der Waals surface area contributed by atoms with Crippen molar-refractivity contribution >= 4 is 29.8 Å². The second kappa shape index (κ2) is 15.1. The number of ether oxygens (including phenoxy) is 3. The second-order valence-corrected chi connectivity index (χ2v) is 12.1.